The van der Waals surface area contributed by atoms with Gasteiger partial charge in [-0.25, -0.2) is 4.39 Å². The van der Waals surface area contributed by atoms with E-state index in [2.05, 4.69) is 15.3 Å². The van der Waals surface area contributed by atoms with E-state index in [1.54, 1.807) is 36.7 Å². The monoisotopic (exact) mass is 330 g/mol. The van der Waals surface area contributed by atoms with Crippen molar-refractivity contribution in [2.24, 2.45) is 4.99 Å². The maximum absolute atomic E-state index is 13.0. The average molecular weight is 330 g/mol. The lowest BCUT2D eigenvalue weighted by Gasteiger charge is -2.22. The highest BCUT2D eigenvalue weighted by molar-refractivity contribution is 5.79. The van der Waals surface area contributed by atoms with Crippen LogP contribution in [0.5, 0.6) is 0 Å². The normalized spacial score (nSPS) is 12.8. The van der Waals surface area contributed by atoms with Crippen molar-refractivity contribution in [1.82, 2.24) is 15.2 Å². The van der Waals surface area contributed by atoms with E-state index in [4.69, 9.17) is 0 Å². The summed E-state index contributed by atoms with van der Waals surface area (Å²) in [7, 11) is 1.91. The molecule has 1 aromatic heterocycles. The SMILES string of the molecule is CCNC(=NCC(O)c1ccncc1)N(C)Cc1ccc(F)cc1. The zero-order valence-corrected chi connectivity index (χ0v) is 14.0. The molecule has 1 unspecified atom stereocenters. The molecule has 0 saturated heterocycles. The van der Waals surface area contributed by atoms with Crippen LogP contribution in [-0.4, -0.2) is 41.1 Å². The fourth-order valence-corrected chi connectivity index (χ4v) is 2.27. The first kappa shape index (κ1) is 17.9. The second-order valence-electron chi connectivity index (χ2n) is 5.47. The van der Waals surface area contributed by atoms with Crippen LogP contribution >= 0.6 is 0 Å². The third-order valence-electron chi connectivity index (χ3n) is 3.53. The van der Waals surface area contributed by atoms with E-state index in [0.29, 0.717) is 12.5 Å². The largest absolute Gasteiger partial charge is 0.386 e. The molecule has 0 aliphatic heterocycles. The number of guanidine groups is 1. The van der Waals surface area contributed by atoms with Gasteiger partial charge >= 0.3 is 0 Å². The molecular formula is C18H23FN4O. The third kappa shape index (κ3) is 5.31. The van der Waals surface area contributed by atoms with Crippen molar-refractivity contribution < 1.29 is 9.50 Å². The van der Waals surface area contributed by atoms with Crippen molar-refractivity contribution >= 4 is 5.96 Å². The summed E-state index contributed by atoms with van der Waals surface area (Å²) in [6.07, 6.45) is 2.61. The van der Waals surface area contributed by atoms with Gasteiger partial charge in [-0.15, -0.1) is 0 Å². The van der Waals surface area contributed by atoms with Crippen molar-refractivity contribution in [3.8, 4) is 0 Å². The molecule has 0 spiro atoms. The Hall–Kier alpha value is -2.47. The predicted octanol–water partition coefficient (Wildman–Crippen LogP) is 2.35. The second kappa shape index (κ2) is 8.98. The van der Waals surface area contributed by atoms with Gasteiger partial charge in [-0.05, 0) is 42.3 Å². The highest BCUT2D eigenvalue weighted by atomic mass is 19.1. The zero-order valence-electron chi connectivity index (χ0n) is 14.0. The van der Waals surface area contributed by atoms with Crippen molar-refractivity contribution in [3.05, 3.63) is 65.7 Å². The van der Waals surface area contributed by atoms with Crippen LogP contribution in [0.3, 0.4) is 0 Å². The van der Waals surface area contributed by atoms with E-state index in [0.717, 1.165) is 17.7 Å². The average Bonchev–Trinajstić information content (AvgIpc) is 2.61. The van der Waals surface area contributed by atoms with Crippen LogP contribution in [0.2, 0.25) is 0 Å². The number of halogens is 1. The minimum Gasteiger partial charge on any atom is -0.386 e. The molecule has 2 rings (SSSR count). The summed E-state index contributed by atoms with van der Waals surface area (Å²) in [5.41, 5.74) is 1.77. The summed E-state index contributed by atoms with van der Waals surface area (Å²) in [5.74, 6) is 0.442. The number of aliphatic hydroxyl groups is 1. The third-order valence-corrected chi connectivity index (χ3v) is 3.53. The highest BCUT2D eigenvalue weighted by Crippen LogP contribution is 2.12. The van der Waals surface area contributed by atoms with Gasteiger partial charge in [-0.1, -0.05) is 12.1 Å². The van der Waals surface area contributed by atoms with E-state index in [-0.39, 0.29) is 12.4 Å². The van der Waals surface area contributed by atoms with Gasteiger partial charge in [0.2, 0.25) is 0 Å². The van der Waals surface area contributed by atoms with Crippen molar-refractivity contribution in [3.63, 3.8) is 0 Å². The molecule has 5 nitrogen and oxygen atoms in total. The lowest BCUT2D eigenvalue weighted by Crippen LogP contribution is -2.38. The molecule has 1 heterocycles. The van der Waals surface area contributed by atoms with Crippen LogP contribution in [0, 0.1) is 5.82 Å². The van der Waals surface area contributed by atoms with E-state index < -0.39 is 6.10 Å². The van der Waals surface area contributed by atoms with Gasteiger partial charge in [0.1, 0.15) is 5.82 Å². The van der Waals surface area contributed by atoms with Crippen molar-refractivity contribution in [2.75, 3.05) is 20.1 Å². The van der Waals surface area contributed by atoms with Crippen LogP contribution in [-0.2, 0) is 6.54 Å². The molecule has 0 aliphatic carbocycles. The summed E-state index contributed by atoms with van der Waals surface area (Å²) >= 11 is 0. The van der Waals surface area contributed by atoms with Crippen LogP contribution in [0.15, 0.2) is 53.8 Å². The van der Waals surface area contributed by atoms with E-state index in [9.17, 15) is 9.50 Å². The van der Waals surface area contributed by atoms with E-state index >= 15 is 0 Å². The fourth-order valence-electron chi connectivity index (χ4n) is 2.27. The zero-order chi connectivity index (χ0) is 17.4. The van der Waals surface area contributed by atoms with Crippen LogP contribution in [0.25, 0.3) is 0 Å². The molecule has 0 bridgehead atoms. The lowest BCUT2D eigenvalue weighted by molar-refractivity contribution is 0.186. The Morgan fingerprint density at radius 2 is 1.92 bits per heavy atom. The minimum absolute atomic E-state index is 0.248. The Morgan fingerprint density at radius 3 is 2.54 bits per heavy atom. The van der Waals surface area contributed by atoms with Crippen molar-refractivity contribution in [2.45, 2.75) is 19.6 Å². The number of aliphatic imine (C=N–C) groups is 1. The lowest BCUT2D eigenvalue weighted by atomic mass is 10.1. The summed E-state index contributed by atoms with van der Waals surface area (Å²) < 4.78 is 13.0. The fraction of sp³-hybridized carbons (Fsp3) is 0.333. The number of hydrogen-bond donors (Lipinski definition) is 2. The summed E-state index contributed by atoms with van der Waals surface area (Å²) in [5, 5.41) is 13.4. The standard InChI is InChI=1S/C18H23FN4O/c1-3-21-18(22-12-17(24)15-8-10-20-11-9-15)23(2)13-14-4-6-16(19)7-5-14/h4-11,17,24H,3,12-13H2,1-2H3,(H,21,22). The quantitative estimate of drug-likeness (QED) is 0.630. The van der Waals surface area contributed by atoms with Gasteiger partial charge in [0, 0.05) is 32.5 Å². The topological polar surface area (TPSA) is 60.8 Å². The number of benzene rings is 1. The number of pyridine rings is 1. The second-order valence-corrected chi connectivity index (χ2v) is 5.47. The van der Waals surface area contributed by atoms with Gasteiger partial charge in [-0.3, -0.25) is 9.98 Å². The van der Waals surface area contributed by atoms with Crippen LogP contribution < -0.4 is 5.32 Å². The van der Waals surface area contributed by atoms with Crippen LogP contribution in [0.1, 0.15) is 24.2 Å². The number of nitrogens with one attached hydrogen (secondary N) is 1. The highest BCUT2D eigenvalue weighted by Gasteiger charge is 2.10. The summed E-state index contributed by atoms with van der Waals surface area (Å²) in [4.78, 5) is 10.4. The Labute approximate surface area is 141 Å². The molecule has 0 amide bonds. The van der Waals surface area contributed by atoms with E-state index in [1.165, 1.54) is 12.1 Å². The molecule has 128 valence electrons. The molecule has 1 aromatic carbocycles. The molecule has 6 heteroatoms. The Morgan fingerprint density at radius 1 is 1.25 bits per heavy atom. The van der Waals surface area contributed by atoms with Crippen molar-refractivity contribution in [1.29, 1.82) is 0 Å². The first-order valence-electron chi connectivity index (χ1n) is 7.92. The van der Waals surface area contributed by atoms with Gasteiger partial charge in [0.05, 0.1) is 12.6 Å². The smallest absolute Gasteiger partial charge is 0.194 e. The van der Waals surface area contributed by atoms with Gasteiger partial charge in [0.25, 0.3) is 0 Å². The number of aliphatic hydroxyl groups excluding tert-OH is 1. The Kier molecular flexibility index (Phi) is 6.69. The first-order valence-corrected chi connectivity index (χ1v) is 7.92. The molecule has 1 atom stereocenters. The summed E-state index contributed by atoms with van der Waals surface area (Å²) in [6.45, 7) is 3.55. The number of aromatic nitrogens is 1. The van der Waals surface area contributed by atoms with E-state index in [1.807, 2.05) is 18.9 Å². The molecule has 2 aromatic rings. The van der Waals surface area contributed by atoms with Gasteiger partial charge in [-0.2, -0.15) is 0 Å². The predicted molar refractivity (Wildman–Crippen MR) is 93.0 cm³/mol. The van der Waals surface area contributed by atoms with Gasteiger partial charge in [0.15, 0.2) is 5.96 Å². The Balaban J connectivity index is 2.02. The summed E-state index contributed by atoms with van der Waals surface area (Å²) in [6, 6.07) is 9.94. The first-order chi connectivity index (χ1) is 11.6. The number of nitrogens with zero attached hydrogens (tertiary/aromatic N) is 3. The molecule has 0 fully saturated rings. The maximum Gasteiger partial charge on any atom is 0.194 e. The number of hydrogen-bond acceptors (Lipinski definition) is 3. The molecule has 0 radical (unpaired) electrons. The maximum atomic E-state index is 13.0. The van der Waals surface area contributed by atoms with Gasteiger partial charge < -0.3 is 15.3 Å². The Bertz CT molecular complexity index is 646. The molecule has 0 aliphatic rings. The molecule has 0 saturated carbocycles. The minimum atomic E-state index is -0.680. The van der Waals surface area contributed by atoms with Crippen LogP contribution in [0.4, 0.5) is 4.39 Å². The number of rotatable bonds is 6. The molecule has 24 heavy (non-hydrogen) atoms. The molecular weight excluding hydrogens is 307 g/mol. The molecule has 2 N–H and O–H groups in total.